The molecule has 1 fully saturated rings. The number of likely N-dealkylation sites (N-methyl/N-ethyl adjacent to an activating group) is 1. The van der Waals surface area contributed by atoms with Crippen molar-refractivity contribution in [3.63, 3.8) is 0 Å². The highest BCUT2D eigenvalue weighted by atomic mass is 16.5. The van der Waals surface area contributed by atoms with E-state index in [4.69, 9.17) is 24.2 Å². The van der Waals surface area contributed by atoms with Crippen LogP contribution in [-0.4, -0.2) is 105 Å². The minimum Gasteiger partial charge on any atom is -0.493 e. The molecule has 2 aliphatic heterocycles. The molecule has 0 bridgehead atoms. The summed E-state index contributed by atoms with van der Waals surface area (Å²) < 4.78 is 15.8. The number of ether oxygens (including phenoxy) is 3. The lowest BCUT2D eigenvalue weighted by atomic mass is 9.99. The zero-order valence-electron chi connectivity index (χ0n) is 24.9. The molecule has 0 spiro atoms. The molecule has 0 amide bonds. The van der Waals surface area contributed by atoms with E-state index in [1.807, 2.05) is 18.2 Å². The molecular weight excluding hydrogens is 536 g/mol. The van der Waals surface area contributed by atoms with Gasteiger partial charge >= 0.3 is 5.97 Å². The number of rotatable bonds is 11. The second kappa shape index (κ2) is 13.7. The molecule has 2 N–H and O–H groups in total. The Hall–Kier alpha value is -4.16. The Morgan fingerprint density at radius 1 is 0.857 bits per heavy atom. The van der Waals surface area contributed by atoms with Crippen molar-refractivity contribution >= 4 is 23.8 Å². The van der Waals surface area contributed by atoms with Crippen molar-refractivity contribution in [2.24, 2.45) is 0 Å². The summed E-state index contributed by atoms with van der Waals surface area (Å²) >= 11 is 0. The summed E-state index contributed by atoms with van der Waals surface area (Å²) in [6.07, 6.45) is 0.836. The summed E-state index contributed by atoms with van der Waals surface area (Å²) in [5, 5.41) is 6.77. The van der Waals surface area contributed by atoms with E-state index in [-0.39, 0.29) is 5.97 Å². The molecule has 0 saturated carbocycles. The van der Waals surface area contributed by atoms with Crippen LogP contribution < -0.4 is 25.0 Å². The number of carbonyl (C=O) groups is 1. The molecule has 2 aromatic carbocycles. The number of nitrogens with one attached hydrogen (secondary N) is 2. The second-order valence-corrected chi connectivity index (χ2v) is 10.5. The van der Waals surface area contributed by atoms with E-state index < -0.39 is 0 Å². The van der Waals surface area contributed by atoms with Gasteiger partial charge in [0.2, 0.25) is 17.8 Å². The molecule has 0 atom stereocenters. The first-order valence-corrected chi connectivity index (χ1v) is 14.3. The Morgan fingerprint density at radius 2 is 1.52 bits per heavy atom. The van der Waals surface area contributed by atoms with Gasteiger partial charge in [-0.25, -0.2) is 4.79 Å². The Kier molecular flexibility index (Phi) is 9.55. The molecule has 0 aliphatic carbocycles. The SMILES string of the molecule is COC(=O)c1ccc(CNc2nc(NCCN3CCN(C)CC3)nc(N3CCc4cc(OC)c(OC)cc4C3)n2)cc1. The van der Waals surface area contributed by atoms with Crippen LogP contribution in [-0.2, 0) is 24.2 Å². The topological polar surface area (TPSA) is 117 Å². The monoisotopic (exact) mass is 576 g/mol. The van der Waals surface area contributed by atoms with Gasteiger partial charge in [0.25, 0.3) is 0 Å². The van der Waals surface area contributed by atoms with Crippen molar-refractivity contribution in [1.29, 1.82) is 0 Å². The number of nitrogens with zero attached hydrogens (tertiary/aromatic N) is 6. The number of anilines is 3. The van der Waals surface area contributed by atoms with Gasteiger partial charge in [0.1, 0.15) is 0 Å². The van der Waals surface area contributed by atoms with Gasteiger partial charge in [0, 0.05) is 58.9 Å². The van der Waals surface area contributed by atoms with Crippen molar-refractivity contribution in [3.8, 4) is 11.5 Å². The molecule has 3 aromatic rings. The number of hydrogen-bond donors (Lipinski definition) is 2. The Bertz CT molecular complexity index is 1360. The van der Waals surface area contributed by atoms with E-state index in [1.165, 1.54) is 12.7 Å². The van der Waals surface area contributed by atoms with E-state index in [0.717, 1.165) is 69.1 Å². The number of aromatic nitrogens is 3. The van der Waals surface area contributed by atoms with Gasteiger partial charge < -0.3 is 34.6 Å². The van der Waals surface area contributed by atoms with E-state index >= 15 is 0 Å². The van der Waals surface area contributed by atoms with Gasteiger partial charge in [-0.2, -0.15) is 15.0 Å². The first-order chi connectivity index (χ1) is 20.4. The maximum Gasteiger partial charge on any atom is 0.337 e. The zero-order valence-corrected chi connectivity index (χ0v) is 24.9. The lowest BCUT2D eigenvalue weighted by Crippen LogP contribution is -2.45. The van der Waals surface area contributed by atoms with Gasteiger partial charge in [-0.3, -0.25) is 4.90 Å². The fourth-order valence-corrected chi connectivity index (χ4v) is 5.17. The molecule has 1 saturated heterocycles. The fourth-order valence-electron chi connectivity index (χ4n) is 5.17. The zero-order chi connectivity index (χ0) is 29.5. The molecule has 12 nitrogen and oxygen atoms in total. The summed E-state index contributed by atoms with van der Waals surface area (Å²) in [4.78, 5) is 33.0. The lowest BCUT2D eigenvalue weighted by molar-refractivity contribution is 0.0600. The van der Waals surface area contributed by atoms with Crippen LogP contribution in [0.2, 0.25) is 0 Å². The van der Waals surface area contributed by atoms with Crippen LogP contribution in [0.5, 0.6) is 11.5 Å². The average Bonchev–Trinajstić information content (AvgIpc) is 3.03. The third kappa shape index (κ3) is 7.18. The molecular formula is C30H40N8O4. The predicted octanol–water partition coefficient (Wildman–Crippen LogP) is 2.51. The Balaban J connectivity index is 1.32. The fraction of sp³-hybridized carbons (Fsp3) is 0.467. The number of hydrogen-bond acceptors (Lipinski definition) is 12. The Morgan fingerprint density at radius 3 is 2.19 bits per heavy atom. The minimum absolute atomic E-state index is 0.358. The average molecular weight is 577 g/mol. The van der Waals surface area contributed by atoms with Crippen LogP contribution in [0.25, 0.3) is 0 Å². The third-order valence-electron chi connectivity index (χ3n) is 7.76. The highest BCUT2D eigenvalue weighted by Gasteiger charge is 2.23. The molecule has 0 unspecified atom stereocenters. The first kappa shape index (κ1) is 29.3. The third-order valence-corrected chi connectivity index (χ3v) is 7.76. The number of benzene rings is 2. The highest BCUT2D eigenvalue weighted by molar-refractivity contribution is 5.89. The standard InChI is InChI=1S/C30H40N8O4/c1-36-13-15-37(16-14-36)12-10-31-28-33-29(32-19-21-5-7-22(8-6-21)27(39)42-4)35-30(34-28)38-11-9-23-17-25(40-2)26(41-3)18-24(23)20-38/h5-8,17-18H,9-16,19-20H2,1-4H3,(H2,31,32,33,34,35). The predicted molar refractivity (Wildman–Crippen MR) is 162 cm³/mol. The van der Waals surface area contributed by atoms with Crippen LogP contribution in [0.1, 0.15) is 27.0 Å². The van der Waals surface area contributed by atoms with Crippen LogP contribution in [0, 0.1) is 0 Å². The minimum atomic E-state index is -0.358. The maximum absolute atomic E-state index is 11.8. The van der Waals surface area contributed by atoms with Gasteiger partial charge in [0.05, 0.1) is 26.9 Å². The molecule has 0 radical (unpaired) electrons. The second-order valence-electron chi connectivity index (χ2n) is 10.5. The van der Waals surface area contributed by atoms with E-state index in [9.17, 15) is 4.79 Å². The molecule has 12 heteroatoms. The first-order valence-electron chi connectivity index (χ1n) is 14.3. The summed E-state index contributed by atoms with van der Waals surface area (Å²) in [5.74, 6) is 2.72. The normalized spacial score (nSPS) is 15.6. The van der Waals surface area contributed by atoms with E-state index in [1.54, 1.807) is 26.4 Å². The summed E-state index contributed by atoms with van der Waals surface area (Å²) in [6, 6.07) is 11.4. The molecule has 2 aliphatic rings. The highest BCUT2D eigenvalue weighted by Crippen LogP contribution is 2.34. The van der Waals surface area contributed by atoms with Crippen molar-refractivity contribution in [2.45, 2.75) is 19.5 Å². The van der Waals surface area contributed by atoms with Gasteiger partial charge in [0.15, 0.2) is 11.5 Å². The van der Waals surface area contributed by atoms with Crippen molar-refractivity contribution < 1.29 is 19.0 Å². The van der Waals surface area contributed by atoms with Crippen LogP contribution in [0.4, 0.5) is 17.8 Å². The molecule has 3 heterocycles. The maximum atomic E-state index is 11.8. The molecule has 42 heavy (non-hydrogen) atoms. The van der Waals surface area contributed by atoms with Gasteiger partial charge in [-0.1, -0.05) is 12.1 Å². The largest absolute Gasteiger partial charge is 0.493 e. The van der Waals surface area contributed by atoms with Crippen LogP contribution in [0.15, 0.2) is 36.4 Å². The lowest BCUT2D eigenvalue weighted by Gasteiger charge is -2.32. The summed E-state index contributed by atoms with van der Waals surface area (Å²) in [6.45, 7) is 7.84. The quantitative estimate of drug-likeness (QED) is 0.327. The molecule has 1 aromatic heterocycles. The van der Waals surface area contributed by atoms with Gasteiger partial charge in [-0.15, -0.1) is 0 Å². The van der Waals surface area contributed by atoms with Gasteiger partial charge in [-0.05, 0) is 54.4 Å². The molecule has 5 rings (SSSR count). The van der Waals surface area contributed by atoms with Crippen LogP contribution in [0.3, 0.4) is 0 Å². The van der Waals surface area contributed by atoms with E-state index in [0.29, 0.717) is 42.2 Å². The van der Waals surface area contributed by atoms with E-state index in [2.05, 4.69) is 43.4 Å². The van der Waals surface area contributed by atoms with Crippen LogP contribution >= 0.6 is 0 Å². The number of methoxy groups -OCH3 is 3. The summed E-state index contributed by atoms with van der Waals surface area (Å²) in [5.41, 5.74) is 3.89. The number of carbonyl (C=O) groups excluding carboxylic acids is 1. The summed E-state index contributed by atoms with van der Waals surface area (Å²) in [7, 11) is 6.85. The number of esters is 1. The smallest absolute Gasteiger partial charge is 0.337 e. The number of fused-ring (bicyclic) bond motifs is 1. The van der Waals surface area contributed by atoms with Crippen molar-refractivity contribution in [3.05, 3.63) is 58.7 Å². The Labute approximate surface area is 247 Å². The number of piperazine rings is 1. The molecule has 224 valence electrons. The van der Waals surface area contributed by atoms with Crippen molar-refractivity contribution in [2.75, 3.05) is 89.7 Å². The van der Waals surface area contributed by atoms with Crippen molar-refractivity contribution in [1.82, 2.24) is 24.8 Å².